The molecule has 0 unspecified atom stereocenters. The molecule has 0 radical (unpaired) electrons. The molecule has 0 bridgehead atoms. The lowest BCUT2D eigenvalue weighted by atomic mass is 9.80. The lowest BCUT2D eigenvalue weighted by molar-refractivity contribution is -0.137. The van der Waals surface area contributed by atoms with Crippen molar-refractivity contribution in [1.82, 2.24) is 9.78 Å². The van der Waals surface area contributed by atoms with Crippen LogP contribution in [-0.4, -0.2) is 26.9 Å². The third-order valence-electron chi connectivity index (χ3n) is 2.58. The molecule has 0 spiro atoms. The van der Waals surface area contributed by atoms with Gasteiger partial charge in [-0.1, -0.05) is 24.3 Å². The highest BCUT2D eigenvalue weighted by atomic mass is 19.4. The molecular formula is C11H10BF3N2O2. The van der Waals surface area contributed by atoms with Crippen LogP contribution in [0, 0.1) is 0 Å². The highest BCUT2D eigenvalue weighted by molar-refractivity contribution is 6.58. The molecule has 0 amide bonds. The summed E-state index contributed by atoms with van der Waals surface area (Å²) in [5.74, 6) is 0. The van der Waals surface area contributed by atoms with Gasteiger partial charge in [0.25, 0.3) is 0 Å². The van der Waals surface area contributed by atoms with E-state index in [0.29, 0.717) is 11.0 Å². The Morgan fingerprint density at radius 1 is 1.16 bits per heavy atom. The Bertz CT molecular complexity index is 552. The Hall–Kier alpha value is -1.80. The molecule has 0 saturated heterocycles. The molecule has 2 N–H and O–H groups in total. The smallest absolute Gasteiger partial charge is 0.423 e. The number of alkyl halides is 3. The van der Waals surface area contributed by atoms with Crippen LogP contribution >= 0.6 is 0 Å². The number of hydrogen-bond acceptors (Lipinski definition) is 3. The van der Waals surface area contributed by atoms with E-state index in [4.69, 9.17) is 10.0 Å². The van der Waals surface area contributed by atoms with Crippen LogP contribution in [0.15, 0.2) is 36.7 Å². The summed E-state index contributed by atoms with van der Waals surface area (Å²) in [6.45, 7) is 0.178. The molecule has 0 atom stereocenters. The first-order valence-corrected chi connectivity index (χ1v) is 5.41. The quantitative estimate of drug-likeness (QED) is 0.804. The van der Waals surface area contributed by atoms with E-state index < -0.39 is 18.9 Å². The second kappa shape index (κ2) is 5.06. The highest BCUT2D eigenvalue weighted by Gasteiger charge is 2.32. The summed E-state index contributed by atoms with van der Waals surface area (Å²) in [6, 6.07) is 6.19. The van der Waals surface area contributed by atoms with Crippen molar-refractivity contribution in [3.8, 4) is 0 Å². The summed E-state index contributed by atoms with van der Waals surface area (Å²) in [4.78, 5) is 0. The van der Waals surface area contributed by atoms with E-state index in [1.165, 1.54) is 16.8 Å². The van der Waals surface area contributed by atoms with Gasteiger partial charge in [0.05, 0.1) is 18.3 Å². The number of rotatable bonds is 3. The van der Waals surface area contributed by atoms with Gasteiger partial charge in [0.2, 0.25) is 0 Å². The van der Waals surface area contributed by atoms with E-state index >= 15 is 0 Å². The standard InChI is InChI=1S/C11H10BF3N2O2/c13-11(14,15)9-5-16-17(7-9)6-8-1-3-10(4-2-8)12(18)19/h1-5,7,18-19H,6H2. The van der Waals surface area contributed by atoms with Crippen molar-refractivity contribution in [3.05, 3.63) is 47.8 Å². The van der Waals surface area contributed by atoms with Crippen molar-refractivity contribution in [1.29, 1.82) is 0 Å². The van der Waals surface area contributed by atoms with E-state index in [2.05, 4.69) is 5.10 Å². The molecule has 8 heteroatoms. The number of aromatic nitrogens is 2. The van der Waals surface area contributed by atoms with Gasteiger partial charge in [-0.3, -0.25) is 4.68 Å². The molecule has 4 nitrogen and oxygen atoms in total. The molecule has 2 aromatic rings. The SMILES string of the molecule is OB(O)c1ccc(Cn2cc(C(F)(F)F)cn2)cc1. The van der Waals surface area contributed by atoms with Crippen molar-refractivity contribution in [2.75, 3.05) is 0 Å². The minimum atomic E-state index is -4.40. The molecule has 1 aromatic heterocycles. The van der Waals surface area contributed by atoms with Gasteiger partial charge in [-0.05, 0) is 11.0 Å². The summed E-state index contributed by atoms with van der Waals surface area (Å²) in [5, 5.41) is 21.5. The first kappa shape index (κ1) is 13.6. The van der Waals surface area contributed by atoms with Gasteiger partial charge in [-0.25, -0.2) is 0 Å². The summed E-state index contributed by atoms with van der Waals surface area (Å²) >= 11 is 0. The lowest BCUT2D eigenvalue weighted by Crippen LogP contribution is -2.29. The predicted octanol–water partition coefficient (Wildman–Crippen LogP) is 0.630. The molecule has 0 aliphatic heterocycles. The number of halogens is 3. The fourth-order valence-electron chi connectivity index (χ4n) is 1.58. The fourth-order valence-corrected chi connectivity index (χ4v) is 1.58. The molecule has 0 fully saturated rings. The Kier molecular flexibility index (Phi) is 3.63. The van der Waals surface area contributed by atoms with Crippen LogP contribution in [0.5, 0.6) is 0 Å². The topological polar surface area (TPSA) is 58.3 Å². The summed E-state index contributed by atoms with van der Waals surface area (Å²) < 4.78 is 38.3. The third-order valence-corrected chi connectivity index (χ3v) is 2.58. The zero-order valence-corrected chi connectivity index (χ0v) is 9.67. The molecular weight excluding hydrogens is 260 g/mol. The van der Waals surface area contributed by atoms with Gasteiger partial charge in [-0.2, -0.15) is 18.3 Å². The summed E-state index contributed by atoms with van der Waals surface area (Å²) in [5.41, 5.74) is 0.233. The van der Waals surface area contributed by atoms with Crippen LogP contribution in [0.4, 0.5) is 13.2 Å². The van der Waals surface area contributed by atoms with E-state index in [1.54, 1.807) is 12.1 Å². The average molecular weight is 270 g/mol. The number of nitrogens with zero attached hydrogens (tertiary/aromatic N) is 2. The van der Waals surface area contributed by atoms with Gasteiger partial charge in [0.1, 0.15) is 0 Å². The average Bonchev–Trinajstić information content (AvgIpc) is 2.78. The van der Waals surface area contributed by atoms with Crippen LogP contribution in [0.1, 0.15) is 11.1 Å². The van der Waals surface area contributed by atoms with Crippen LogP contribution in [0.3, 0.4) is 0 Å². The number of hydrogen-bond donors (Lipinski definition) is 2. The van der Waals surface area contributed by atoms with Crippen LogP contribution < -0.4 is 5.46 Å². The third kappa shape index (κ3) is 3.36. The molecule has 0 aliphatic rings. The predicted molar refractivity (Wildman–Crippen MR) is 62.6 cm³/mol. The van der Waals surface area contributed by atoms with Gasteiger partial charge < -0.3 is 10.0 Å². The molecule has 2 rings (SSSR count). The normalized spacial score (nSPS) is 11.6. The molecule has 100 valence electrons. The molecule has 19 heavy (non-hydrogen) atoms. The van der Waals surface area contributed by atoms with E-state index in [-0.39, 0.29) is 6.54 Å². The van der Waals surface area contributed by atoms with Crippen LogP contribution in [0.2, 0.25) is 0 Å². The molecule has 1 aromatic carbocycles. The monoisotopic (exact) mass is 270 g/mol. The van der Waals surface area contributed by atoms with Crippen LogP contribution in [0.25, 0.3) is 0 Å². The second-order valence-electron chi connectivity index (χ2n) is 4.04. The first-order chi connectivity index (χ1) is 8.86. The van der Waals surface area contributed by atoms with E-state index in [9.17, 15) is 13.2 Å². The molecule has 0 aliphatic carbocycles. The maximum Gasteiger partial charge on any atom is 0.488 e. The van der Waals surface area contributed by atoms with Crippen molar-refractivity contribution in [2.24, 2.45) is 0 Å². The molecule has 1 heterocycles. The lowest BCUT2D eigenvalue weighted by Gasteiger charge is -2.04. The van der Waals surface area contributed by atoms with Gasteiger partial charge in [-0.15, -0.1) is 0 Å². The highest BCUT2D eigenvalue weighted by Crippen LogP contribution is 2.28. The van der Waals surface area contributed by atoms with E-state index in [0.717, 1.165) is 12.4 Å². The van der Waals surface area contributed by atoms with E-state index in [1.807, 2.05) is 0 Å². The molecule has 0 saturated carbocycles. The Morgan fingerprint density at radius 2 is 1.79 bits per heavy atom. The Morgan fingerprint density at radius 3 is 2.26 bits per heavy atom. The maximum atomic E-state index is 12.4. The zero-order chi connectivity index (χ0) is 14.0. The minimum absolute atomic E-state index is 0.178. The largest absolute Gasteiger partial charge is 0.488 e. The Labute approximate surface area is 107 Å². The van der Waals surface area contributed by atoms with Crippen molar-refractivity contribution in [3.63, 3.8) is 0 Å². The van der Waals surface area contributed by atoms with Gasteiger partial charge in [0, 0.05) is 6.20 Å². The Balaban J connectivity index is 2.11. The zero-order valence-electron chi connectivity index (χ0n) is 9.67. The first-order valence-electron chi connectivity index (χ1n) is 5.41. The van der Waals surface area contributed by atoms with Gasteiger partial charge in [0.15, 0.2) is 0 Å². The fraction of sp³-hybridized carbons (Fsp3) is 0.182. The van der Waals surface area contributed by atoms with Crippen molar-refractivity contribution >= 4 is 12.6 Å². The summed E-state index contributed by atoms with van der Waals surface area (Å²) in [6.07, 6.45) is -2.70. The van der Waals surface area contributed by atoms with Gasteiger partial charge >= 0.3 is 13.3 Å². The van der Waals surface area contributed by atoms with Crippen LogP contribution in [-0.2, 0) is 12.7 Å². The maximum absolute atomic E-state index is 12.4. The van der Waals surface area contributed by atoms with Crippen molar-refractivity contribution < 1.29 is 23.2 Å². The van der Waals surface area contributed by atoms with Crippen molar-refractivity contribution in [2.45, 2.75) is 12.7 Å². The minimum Gasteiger partial charge on any atom is -0.423 e. The number of benzene rings is 1. The summed E-state index contributed by atoms with van der Waals surface area (Å²) in [7, 11) is -1.56. The second-order valence-corrected chi connectivity index (χ2v) is 4.04.